The summed E-state index contributed by atoms with van der Waals surface area (Å²) in [5.41, 5.74) is -2.75. The fourth-order valence-corrected chi connectivity index (χ4v) is 3.46. The zero-order valence-corrected chi connectivity index (χ0v) is 19.3. The topological polar surface area (TPSA) is 18.5 Å². The second kappa shape index (κ2) is 10.9. The number of hydrogen-bond acceptors (Lipinski definition) is 2. The van der Waals surface area contributed by atoms with Crippen LogP contribution in [0.15, 0.2) is 60.7 Å². The summed E-state index contributed by atoms with van der Waals surface area (Å²) in [5, 5.41) is 0. The van der Waals surface area contributed by atoms with Crippen molar-refractivity contribution in [1.29, 1.82) is 0 Å². The smallest absolute Gasteiger partial charge is 0.426 e. The lowest BCUT2D eigenvalue weighted by atomic mass is 10.1. The van der Waals surface area contributed by atoms with Gasteiger partial charge < -0.3 is 9.47 Å². The van der Waals surface area contributed by atoms with E-state index in [1.165, 1.54) is 12.1 Å². The molecule has 0 aromatic heterocycles. The van der Waals surface area contributed by atoms with Crippen molar-refractivity contribution < 1.29 is 49.0 Å². The zero-order chi connectivity index (χ0) is 27.4. The van der Waals surface area contributed by atoms with Crippen LogP contribution >= 0.6 is 0 Å². The highest BCUT2D eigenvalue weighted by Gasteiger charge is 2.40. The van der Waals surface area contributed by atoms with E-state index in [4.69, 9.17) is 0 Å². The SMILES string of the molecule is CCCCCc1ccc(C(F)(F)Oc2ccc(C(F)(F)Oc3cc(F)c(C(F)(F)F)c(F)c3)cc2)cc1. The third-order valence-electron chi connectivity index (χ3n) is 5.34. The van der Waals surface area contributed by atoms with Gasteiger partial charge in [-0.3, -0.25) is 0 Å². The van der Waals surface area contributed by atoms with Crippen molar-refractivity contribution >= 4 is 0 Å². The Morgan fingerprint density at radius 3 is 1.54 bits per heavy atom. The van der Waals surface area contributed by atoms with Crippen LogP contribution in [0.2, 0.25) is 0 Å². The van der Waals surface area contributed by atoms with Gasteiger partial charge in [0.2, 0.25) is 0 Å². The van der Waals surface area contributed by atoms with Crippen LogP contribution < -0.4 is 9.47 Å². The lowest BCUT2D eigenvalue weighted by Crippen LogP contribution is -2.23. The fraction of sp³-hybridized carbons (Fsp3) is 0.308. The van der Waals surface area contributed by atoms with Crippen LogP contribution in [0.25, 0.3) is 0 Å². The molecule has 0 aliphatic heterocycles. The van der Waals surface area contributed by atoms with Gasteiger partial charge >= 0.3 is 18.4 Å². The highest BCUT2D eigenvalue weighted by atomic mass is 19.4. The van der Waals surface area contributed by atoms with Crippen molar-refractivity contribution in [1.82, 2.24) is 0 Å². The van der Waals surface area contributed by atoms with E-state index in [9.17, 15) is 39.5 Å². The first kappa shape index (κ1) is 28.2. The molecule has 2 nitrogen and oxygen atoms in total. The second-order valence-corrected chi connectivity index (χ2v) is 8.18. The van der Waals surface area contributed by atoms with Crippen LogP contribution in [0.4, 0.5) is 39.5 Å². The number of aryl methyl sites for hydroxylation is 1. The van der Waals surface area contributed by atoms with Crippen molar-refractivity contribution in [3.05, 3.63) is 94.6 Å². The third kappa shape index (κ3) is 7.11. The molecule has 0 atom stereocenters. The maximum absolute atomic E-state index is 14.5. The normalized spacial score (nSPS) is 12.5. The number of hydrogen-bond donors (Lipinski definition) is 0. The molecule has 0 radical (unpaired) electrons. The van der Waals surface area contributed by atoms with Crippen LogP contribution in [0.5, 0.6) is 11.5 Å². The van der Waals surface area contributed by atoms with Gasteiger partial charge in [-0.05, 0) is 54.8 Å². The first-order valence-corrected chi connectivity index (χ1v) is 11.1. The number of unbranched alkanes of at least 4 members (excludes halogenated alkanes) is 2. The largest absolute Gasteiger partial charge is 0.429 e. The van der Waals surface area contributed by atoms with E-state index >= 15 is 0 Å². The van der Waals surface area contributed by atoms with Crippen LogP contribution in [0.1, 0.15) is 48.4 Å². The van der Waals surface area contributed by atoms with Gasteiger partial charge in [-0.15, -0.1) is 0 Å². The van der Waals surface area contributed by atoms with Crippen LogP contribution in [-0.2, 0) is 24.8 Å². The Morgan fingerprint density at radius 2 is 1.08 bits per heavy atom. The third-order valence-corrected chi connectivity index (χ3v) is 5.34. The molecule has 0 spiro atoms. The molecule has 0 amide bonds. The van der Waals surface area contributed by atoms with Gasteiger partial charge in [-0.1, -0.05) is 31.9 Å². The molecule has 0 saturated carbocycles. The maximum Gasteiger partial charge on any atom is 0.426 e. The molecule has 0 bridgehead atoms. The highest BCUT2D eigenvalue weighted by molar-refractivity contribution is 5.35. The lowest BCUT2D eigenvalue weighted by molar-refractivity contribution is -0.187. The maximum atomic E-state index is 14.5. The Bertz CT molecular complexity index is 1170. The summed E-state index contributed by atoms with van der Waals surface area (Å²) in [6.07, 6.45) is -9.74. The Balaban J connectivity index is 1.70. The number of ether oxygens (including phenoxy) is 2. The quantitative estimate of drug-likeness (QED) is 0.190. The molecule has 11 heteroatoms. The molecule has 0 N–H and O–H groups in total. The summed E-state index contributed by atoms with van der Waals surface area (Å²) in [7, 11) is 0. The fourth-order valence-electron chi connectivity index (χ4n) is 3.46. The van der Waals surface area contributed by atoms with E-state index in [0.29, 0.717) is 12.1 Å². The molecule has 3 aromatic carbocycles. The average molecular weight is 536 g/mol. The predicted molar refractivity (Wildman–Crippen MR) is 117 cm³/mol. The minimum Gasteiger partial charge on any atom is -0.429 e. The highest BCUT2D eigenvalue weighted by Crippen LogP contribution is 2.39. The molecule has 37 heavy (non-hydrogen) atoms. The Labute approximate surface area is 206 Å². The molecule has 0 aliphatic carbocycles. The first-order valence-electron chi connectivity index (χ1n) is 11.1. The van der Waals surface area contributed by atoms with Crippen LogP contribution in [0.3, 0.4) is 0 Å². The molecule has 0 aliphatic rings. The van der Waals surface area contributed by atoms with Crippen molar-refractivity contribution in [2.24, 2.45) is 0 Å². The molecule has 0 saturated heterocycles. The van der Waals surface area contributed by atoms with Gasteiger partial charge in [0.25, 0.3) is 0 Å². The summed E-state index contributed by atoms with van der Waals surface area (Å²) >= 11 is 0. The standard InChI is InChI=1S/C26H21F9O2/c1-2-3-4-5-16-6-8-17(9-7-16)25(32,33)36-19-12-10-18(11-13-19)26(34,35)37-20-14-21(27)23(22(28)15-20)24(29,30)31/h6-15H,2-5H2,1H3. The Morgan fingerprint density at radius 1 is 0.622 bits per heavy atom. The van der Waals surface area contributed by atoms with Crippen LogP contribution in [-0.4, -0.2) is 0 Å². The monoisotopic (exact) mass is 536 g/mol. The van der Waals surface area contributed by atoms with E-state index in [1.807, 2.05) is 6.92 Å². The van der Waals surface area contributed by atoms with E-state index in [-0.39, 0.29) is 12.1 Å². The van der Waals surface area contributed by atoms with Gasteiger partial charge in [-0.25, -0.2) is 8.78 Å². The van der Waals surface area contributed by atoms with Gasteiger partial charge in [-0.2, -0.15) is 30.7 Å². The zero-order valence-electron chi connectivity index (χ0n) is 19.3. The van der Waals surface area contributed by atoms with Gasteiger partial charge in [0.05, 0.1) is 11.1 Å². The average Bonchev–Trinajstić information content (AvgIpc) is 2.78. The molecule has 0 heterocycles. The summed E-state index contributed by atoms with van der Waals surface area (Å²) in [6.45, 7) is 2.04. The summed E-state index contributed by atoms with van der Waals surface area (Å²) in [6, 6.07) is 8.38. The molecule has 3 aromatic rings. The van der Waals surface area contributed by atoms with E-state index in [2.05, 4.69) is 9.47 Å². The van der Waals surface area contributed by atoms with Crippen molar-refractivity contribution in [3.8, 4) is 11.5 Å². The van der Waals surface area contributed by atoms with Crippen molar-refractivity contribution in [2.45, 2.75) is 51.0 Å². The minimum absolute atomic E-state index is 0.0348. The number of benzene rings is 3. The number of alkyl halides is 7. The molecule has 3 rings (SSSR count). The van der Waals surface area contributed by atoms with E-state index < -0.39 is 58.2 Å². The number of halogens is 9. The second-order valence-electron chi connectivity index (χ2n) is 8.18. The summed E-state index contributed by atoms with van der Waals surface area (Å²) in [5.74, 6) is -5.96. The summed E-state index contributed by atoms with van der Waals surface area (Å²) in [4.78, 5) is 0. The van der Waals surface area contributed by atoms with Gasteiger partial charge in [0.15, 0.2) is 0 Å². The van der Waals surface area contributed by atoms with Gasteiger partial charge in [0, 0.05) is 12.1 Å². The van der Waals surface area contributed by atoms with E-state index in [1.54, 1.807) is 12.1 Å². The van der Waals surface area contributed by atoms with Crippen molar-refractivity contribution in [2.75, 3.05) is 0 Å². The Hall–Kier alpha value is -3.37. The number of rotatable bonds is 10. The predicted octanol–water partition coefficient (Wildman–Crippen LogP) is 8.97. The molecule has 200 valence electrons. The molecular weight excluding hydrogens is 515 g/mol. The molecule has 0 fully saturated rings. The first-order chi connectivity index (χ1) is 17.2. The summed E-state index contributed by atoms with van der Waals surface area (Å²) < 4.78 is 132. The Kier molecular flexibility index (Phi) is 8.34. The molecule has 0 unspecified atom stereocenters. The van der Waals surface area contributed by atoms with E-state index in [0.717, 1.165) is 43.4 Å². The van der Waals surface area contributed by atoms with Crippen LogP contribution in [0, 0.1) is 11.6 Å². The lowest BCUT2D eigenvalue weighted by Gasteiger charge is -2.21. The van der Waals surface area contributed by atoms with Gasteiger partial charge in [0.1, 0.15) is 28.7 Å². The van der Waals surface area contributed by atoms with Crippen molar-refractivity contribution in [3.63, 3.8) is 0 Å². The molecular formula is C26H21F9O2. The minimum atomic E-state index is -5.39.